The van der Waals surface area contributed by atoms with E-state index in [2.05, 4.69) is 11.9 Å². The van der Waals surface area contributed by atoms with Crippen molar-refractivity contribution in [1.29, 1.82) is 0 Å². The van der Waals surface area contributed by atoms with Gasteiger partial charge < -0.3 is 5.73 Å². The molecule has 5 heteroatoms. The van der Waals surface area contributed by atoms with Crippen LogP contribution in [-0.4, -0.2) is 11.5 Å². The Labute approximate surface area is 123 Å². The monoisotopic (exact) mass is 300 g/mol. The van der Waals surface area contributed by atoms with Gasteiger partial charge in [-0.05, 0) is 48.8 Å². The number of alkyl halides is 3. The number of rotatable bonds is 4. The lowest BCUT2D eigenvalue weighted by atomic mass is 9.69. The van der Waals surface area contributed by atoms with Gasteiger partial charge >= 0.3 is 6.18 Å². The third-order valence-corrected chi connectivity index (χ3v) is 4.66. The first-order valence-electron chi connectivity index (χ1n) is 7.68. The van der Waals surface area contributed by atoms with Crippen LogP contribution in [0.3, 0.4) is 0 Å². The van der Waals surface area contributed by atoms with Crippen LogP contribution in [0.5, 0.6) is 0 Å². The highest BCUT2D eigenvalue weighted by Gasteiger charge is 2.39. The smallest absolute Gasteiger partial charge is 0.330 e. The van der Waals surface area contributed by atoms with E-state index in [0.29, 0.717) is 18.0 Å². The van der Waals surface area contributed by atoms with E-state index in [-0.39, 0.29) is 11.8 Å². The van der Waals surface area contributed by atoms with Crippen LogP contribution in [0.15, 0.2) is 18.5 Å². The molecule has 1 aromatic heterocycles. The zero-order valence-corrected chi connectivity index (χ0v) is 12.4. The number of nitrogens with two attached hydrogens (primary N) is 1. The third kappa shape index (κ3) is 3.76. The molecule has 1 aliphatic rings. The Morgan fingerprint density at radius 2 is 2.10 bits per heavy atom. The van der Waals surface area contributed by atoms with Gasteiger partial charge in [0, 0.05) is 12.4 Å². The summed E-state index contributed by atoms with van der Waals surface area (Å²) in [6.45, 7) is 2.56. The van der Waals surface area contributed by atoms with Gasteiger partial charge in [0.15, 0.2) is 0 Å². The Morgan fingerprint density at radius 3 is 2.71 bits per heavy atom. The van der Waals surface area contributed by atoms with Crippen LogP contribution in [-0.2, 0) is 6.18 Å². The molecule has 2 rings (SSSR count). The summed E-state index contributed by atoms with van der Waals surface area (Å²) in [6.07, 6.45) is 3.23. The summed E-state index contributed by atoms with van der Waals surface area (Å²) in [6, 6.07) is 1.09. The van der Waals surface area contributed by atoms with Crippen molar-refractivity contribution in [1.82, 2.24) is 4.98 Å². The Balaban J connectivity index is 2.32. The van der Waals surface area contributed by atoms with Gasteiger partial charge in [-0.2, -0.15) is 13.2 Å². The van der Waals surface area contributed by atoms with Gasteiger partial charge in [0.2, 0.25) is 0 Å². The van der Waals surface area contributed by atoms with E-state index in [0.717, 1.165) is 38.2 Å². The third-order valence-electron chi connectivity index (χ3n) is 4.66. The number of nitrogens with zero attached hydrogens (tertiary/aromatic N) is 1. The molecule has 1 aromatic rings. The maximum Gasteiger partial charge on any atom is 0.416 e. The molecular weight excluding hydrogens is 277 g/mol. The van der Waals surface area contributed by atoms with Gasteiger partial charge in [-0.1, -0.05) is 26.2 Å². The van der Waals surface area contributed by atoms with Gasteiger partial charge in [0.05, 0.1) is 5.56 Å². The average molecular weight is 300 g/mol. The molecule has 0 spiro atoms. The standard InChI is InChI=1S/C16H23F3N2/c1-2-3-11-4-5-12(9-20)13(8-11)14-10-21-7-6-15(14)16(17,18)19/h6-7,10-13H,2-5,8-9,20H2,1H3. The largest absolute Gasteiger partial charge is 0.416 e. The zero-order chi connectivity index (χ0) is 15.5. The maximum absolute atomic E-state index is 13.2. The lowest BCUT2D eigenvalue weighted by Crippen LogP contribution is -2.30. The second-order valence-corrected chi connectivity index (χ2v) is 6.03. The topological polar surface area (TPSA) is 38.9 Å². The molecule has 1 saturated carbocycles. The van der Waals surface area contributed by atoms with E-state index < -0.39 is 11.7 Å². The van der Waals surface area contributed by atoms with Crippen LogP contribution >= 0.6 is 0 Å². The van der Waals surface area contributed by atoms with E-state index in [4.69, 9.17) is 5.73 Å². The lowest BCUT2D eigenvalue weighted by molar-refractivity contribution is -0.138. The van der Waals surface area contributed by atoms with E-state index in [1.54, 1.807) is 0 Å². The Bertz CT molecular complexity index is 459. The molecule has 3 unspecified atom stereocenters. The van der Waals surface area contributed by atoms with E-state index in [1.807, 2.05) is 0 Å². The Hall–Kier alpha value is -1.10. The van der Waals surface area contributed by atoms with Crippen molar-refractivity contribution in [3.8, 4) is 0 Å². The zero-order valence-electron chi connectivity index (χ0n) is 12.4. The van der Waals surface area contributed by atoms with Crippen molar-refractivity contribution in [2.24, 2.45) is 17.6 Å². The fraction of sp³-hybridized carbons (Fsp3) is 0.688. The van der Waals surface area contributed by atoms with Gasteiger partial charge in [-0.15, -0.1) is 0 Å². The molecule has 3 atom stereocenters. The number of aromatic nitrogens is 1. The van der Waals surface area contributed by atoms with Crippen molar-refractivity contribution in [2.45, 2.75) is 51.1 Å². The van der Waals surface area contributed by atoms with Gasteiger partial charge in [0.1, 0.15) is 0 Å². The minimum Gasteiger partial charge on any atom is -0.330 e. The fourth-order valence-corrected chi connectivity index (χ4v) is 3.61. The van der Waals surface area contributed by atoms with Crippen LogP contribution in [0, 0.1) is 11.8 Å². The van der Waals surface area contributed by atoms with Crippen LogP contribution in [0.1, 0.15) is 56.1 Å². The molecule has 0 radical (unpaired) electrons. The summed E-state index contributed by atoms with van der Waals surface area (Å²) in [5.41, 5.74) is 5.60. The molecule has 2 nitrogen and oxygen atoms in total. The highest BCUT2D eigenvalue weighted by atomic mass is 19.4. The van der Waals surface area contributed by atoms with Gasteiger partial charge in [0.25, 0.3) is 0 Å². The second kappa shape index (κ2) is 6.77. The predicted octanol–water partition coefficient (Wildman–Crippen LogP) is 4.36. The first kappa shape index (κ1) is 16.3. The Kier molecular flexibility index (Phi) is 5.25. The molecule has 0 aromatic carbocycles. The Morgan fingerprint density at radius 1 is 1.33 bits per heavy atom. The molecule has 0 bridgehead atoms. The number of halogens is 3. The molecule has 1 aliphatic carbocycles. The van der Waals surface area contributed by atoms with Crippen LogP contribution in [0.4, 0.5) is 13.2 Å². The fourth-order valence-electron chi connectivity index (χ4n) is 3.61. The van der Waals surface area contributed by atoms with Gasteiger partial charge in [-0.25, -0.2) is 0 Å². The van der Waals surface area contributed by atoms with Crippen LogP contribution in [0.25, 0.3) is 0 Å². The van der Waals surface area contributed by atoms with Crippen LogP contribution < -0.4 is 5.73 Å². The first-order valence-corrected chi connectivity index (χ1v) is 7.68. The van der Waals surface area contributed by atoms with Crippen molar-refractivity contribution in [3.05, 3.63) is 29.6 Å². The second-order valence-electron chi connectivity index (χ2n) is 6.03. The lowest BCUT2D eigenvalue weighted by Gasteiger charge is -2.37. The molecule has 118 valence electrons. The van der Waals surface area contributed by atoms with E-state index in [9.17, 15) is 13.2 Å². The van der Waals surface area contributed by atoms with E-state index in [1.165, 1.54) is 12.4 Å². The molecule has 1 fully saturated rings. The molecule has 21 heavy (non-hydrogen) atoms. The molecule has 1 heterocycles. The molecule has 0 aliphatic heterocycles. The minimum atomic E-state index is -4.32. The van der Waals surface area contributed by atoms with Gasteiger partial charge in [-0.3, -0.25) is 4.98 Å². The van der Waals surface area contributed by atoms with E-state index >= 15 is 0 Å². The average Bonchev–Trinajstić information content (AvgIpc) is 2.46. The maximum atomic E-state index is 13.2. The number of hydrogen-bond acceptors (Lipinski definition) is 2. The van der Waals surface area contributed by atoms with Crippen LogP contribution in [0.2, 0.25) is 0 Å². The summed E-state index contributed by atoms with van der Waals surface area (Å²) in [4.78, 5) is 3.93. The molecule has 0 saturated heterocycles. The number of hydrogen-bond donors (Lipinski definition) is 1. The summed E-state index contributed by atoms with van der Waals surface area (Å²) < 4.78 is 39.7. The van der Waals surface area contributed by atoms with Crippen molar-refractivity contribution in [2.75, 3.05) is 6.54 Å². The highest BCUT2D eigenvalue weighted by Crippen LogP contribution is 2.45. The molecule has 0 amide bonds. The predicted molar refractivity (Wildman–Crippen MR) is 76.8 cm³/mol. The molecule has 2 N–H and O–H groups in total. The SMILES string of the molecule is CCCC1CCC(CN)C(c2cnccc2C(F)(F)F)C1. The first-order chi connectivity index (χ1) is 9.97. The summed E-state index contributed by atoms with van der Waals surface area (Å²) >= 11 is 0. The minimum absolute atomic E-state index is 0.120. The molecular formula is C16H23F3N2. The number of pyridine rings is 1. The summed E-state index contributed by atoms with van der Waals surface area (Å²) in [5, 5.41) is 0. The normalized spacial score (nSPS) is 26.8. The van der Waals surface area contributed by atoms with Crippen molar-refractivity contribution in [3.63, 3.8) is 0 Å². The van der Waals surface area contributed by atoms with Crippen molar-refractivity contribution < 1.29 is 13.2 Å². The summed E-state index contributed by atoms with van der Waals surface area (Å²) in [5.74, 6) is 0.512. The van der Waals surface area contributed by atoms with Crippen molar-refractivity contribution >= 4 is 0 Å². The quantitative estimate of drug-likeness (QED) is 0.897. The highest BCUT2D eigenvalue weighted by molar-refractivity contribution is 5.31. The summed E-state index contributed by atoms with van der Waals surface area (Å²) in [7, 11) is 0.